The molecule has 2 atom stereocenters. The van der Waals surface area contributed by atoms with Gasteiger partial charge in [0, 0.05) is 0 Å². The number of hydrogen-bond donors (Lipinski definition) is 0. The van der Waals surface area contributed by atoms with Gasteiger partial charge in [-0.2, -0.15) is 0 Å². The second kappa shape index (κ2) is 31.3. The highest BCUT2D eigenvalue weighted by Gasteiger charge is 2.38. The lowest BCUT2D eigenvalue weighted by Gasteiger charge is -2.26. The first-order valence-electron chi connectivity index (χ1n) is 24.7. The van der Waals surface area contributed by atoms with Crippen LogP contribution in [0.1, 0.15) is 167 Å². The molecule has 8 heteroatoms. The third kappa shape index (κ3) is 20.3. The Morgan fingerprint density at radius 3 is 1.24 bits per heavy atom. The molecule has 0 spiro atoms. The Balaban J connectivity index is 1.28. The van der Waals surface area contributed by atoms with Crippen molar-refractivity contribution in [2.75, 3.05) is 26.4 Å². The predicted octanol–water partition coefficient (Wildman–Crippen LogP) is 13.5. The highest BCUT2D eigenvalue weighted by atomic mass is 16.6. The first-order valence-corrected chi connectivity index (χ1v) is 24.7. The van der Waals surface area contributed by atoms with E-state index < -0.39 is 24.1 Å². The number of carbonyl (C=O) groups is 2. The van der Waals surface area contributed by atoms with E-state index in [0.29, 0.717) is 37.9 Å². The molecule has 0 heterocycles. The molecule has 2 saturated carbocycles. The van der Waals surface area contributed by atoms with Crippen LogP contribution in [-0.2, 0) is 41.8 Å². The van der Waals surface area contributed by atoms with Crippen molar-refractivity contribution in [2.24, 2.45) is 23.7 Å². The number of ether oxygens (including phenoxy) is 6. The van der Waals surface area contributed by atoms with E-state index in [-0.39, 0.29) is 26.4 Å². The van der Waals surface area contributed by atoms with Crippen LogP contribution in [0, 0.1) is 23.7 Å². The van der Waals surface area contributed by atoms with Gasteiger partial charge >= 0.3 is 11.9 Å². The van der Waals surface area contributed by atoms with Gasteiger partial charge in [0.05, 0.1) is 26.4 Å². The maximum Gasteiger partial charge on any atom is 0.338 e. The zero-order valence-corrected chi connectivity index (χ0v) is 39.0. The SMILES string of the molecule is CCCCCC1CCC(C=CCOc2ccc(CO[C@@H](C(=O)OCCCC)[C@@H](OCc3ccc(OCC=CC4CCC(CCCCC)CC4)cc3)C(=O)OCCCC)cc2)CC1. The third-order valence-electron chi connectivity index (χ3n) is 12.7. The van der Waals surface area contributed by atoms with Gasteiger partial charge in [0.15, 0.2) is 12.2 Å². The van der Waals surface area contributed by atoms with Crippen LogP contribution < -0.4 is 9.47 Å². The molecule has 2 fully saturated rings. The van der Waals surface area contributed by atoms with Crippen molar-refractivity contribution in [1.29, 1.82) is 0 Å². The molecule has 0 bridgehead atoms. The summed E-state index contributed by atoms with van der Waals surface area (Å²) in [5.74, 6) is 3.33. The minimum Gasteiger partial charge on any atom is -0.490 e. The number of unbranched alkanes of at least 4 members (excludes halogenated alkanes) is 6. The predicted molar refractivity (Wildman–Crippen MR) is 250 cm³/mol. The Labute approximate surface area is 375 Å². The van der Waals surface area contributed by atoms with Crippen molar-refractivity contribution in [3.63, 3.8) is 0 Å². The molecule has 2 aliphatic rings. The number of carbonyl (C=O) groups excluding carboxylic acids is 2. The number of benzene rings is 2. The number of esters is 2. The Morgan fingerprint density at radius 2 is 0.887 bits per heavy atom. The fourth-order valence-corrected chi connectivity index (χ4v) is 8.58. The van der Waals surface area contributed by atoms with E-state index in [4.69, 9.17) is 28.4 Å². The van der Waals surface area contributed by atoms with Gasteiger partial charge in [-0.25, -0.2) is 9.59 Å². The summed E-state index contributed by atoms with van der Waals surface area (Å²) in [4.78, 5) is 27.1. The molecule has 2 aliphatic carbocycles. The zero-order valence-electron chi connectivity index (χ0n) is 39.0. The van der Waals surface area contributed by atoms with E-state index in [9.17, 15) is 9.59 Å². The van der Waals surface area contributed by atoms with E-state index in [1.807, 2.05) is 62.4 Å². The first kappa shape index (κ1) is 51.0. The van der Waals surface area contributed by atoms with Crippen LogP contribution in [0.2, 0.25) is 0 Å². The van der Waals surface area contributed by atoms with E-state index in [1.165, 1.54) is 103 Å². The third-order valence-corrected chi connectivity index (χ3v) is 12.7. The summed E-state index contributed by atoms with van der Waals surface area (Å²) >= 11 is 0. The van der Waals surface area contributed by atoms with Crippen LogP contribution in [0.4, 0.5) is 0 Å². The molecule has 0 aromatic heterocycles. The van der Waals surface area contributed by atoms with Crippen LogP contribution in [0.25, 0.3) is 0 Å². The first-order chi connectivity index (χ1) is 30.4. The molecular formula is C54H82O8. The Morgan fingerprint density at radius 1 is 0.516 bits per heavy atom. The quantitative estimate of drug-likeness (QED) is 0.0421. The Hall–Kier alpha value is -3.62. The van der Waals surface area contributed by atoms with Crippen LogP contribution in [0.5, 0.6) is 11.5 Å². The summed E-state index contributed by atoms with van der Waals surface area (Å²) in [6.45, 7) is 10.2. The van der Waals surface area contributed by atoms with Gasteiger partial charge < -0.3 is 28.4 Å². The summed E-state index contributed by atoms with van der Waals surface area (Å²) in [7, 11) is 0. The molecule has 8 nitrogen and oxygen atoms in total. The minimum atomic E-state index is -1.32. The van der Waals surface area contributed by atoms with E-state index in [0.717, 1.165) is 47.3 Å². The molecule has 2 aromatic carbocycles. The number of hydrogen-bond acceptors (Lipinski definition) is 8. The molecular weight excluding hydrogens is 777 g/mol. The van der Waals surface area contributed by atoms with Crippen LogP contribution in [0.3, 0.4) is 0 Å². The Kier molecular flexibility index (Phi) is 25.7. The highest BCUT2D eigenvalue weighted by molar-refractivity contribution is 5.85. The number of rotatable bonds is 31. The average Bonchev–Trinajstić information content (AvgIpc) is 3.29. The topological polar surface area (TPSA) is 89.5 Å². The molecule has 4 rings (SSSR count). The van der Waals surface area contributed by atoms with Crippen molar-refractivity contribution in [3.05, 3.63) is 84.0 Å². The van der Waals surface area contributed by atoms with Crippen molar-refractivity contribution < 1.29 is 38.0 Å². The molecule has 346 valence electrons. The standard InChI is InChI=1S/C54H82O8/c1-5-9-13-17-43-21-25-45(26-22-43)19-15-39-57-49-33-29-47(30-34-49)41-61-51(53(55)59-37-11-7-3)52(54(56)60-38-12-8-4)62-42-48-31-35-50(36-32-48)58-40-16-20-46-27-23-44(24-28-46)18-14-10-6-2/h15-16,19-20,29-36,43-46,51-52H,5-14,17-18,21-28,37-42H2,1-4H3/t43?,44?,45?,46?,51-,52-/m1/s1. The molecule has 0 amide bonds. The Bertz CT molecular complexity index is 1400. The van der Waals surface area contributed by atoms with Crippen LogP contribution in [0.15, 0.2) is 72.8 Å². The largest absolute Gasteiger partial charge is 0.490 e. The summed E-state index contributed by atoms with van der Waals surface area (Å²) in [5, 5.41) is 0. The van der Waals surface area contributed by atoms with Crippen molar-refractivity contribution in [1.82, 2.24) is 0 Å². The second-order valence-electron chi connectivity index (χ2n) is 17.8. The lowest BCUT2D eigenvalue weighted by atomic mass is 9.79. The molecule has 62 heavy (non-hydrogen) atoms. The van der Waals surface area contributed by atoms with E-state index in [2.05, 4.69) is 38.2 Å². The van der Waals surface area contributed by atoms with Gasteiger partial charge in [-0.05, 0) is 123 Å². The highest BCUT2D eigenvalue weighted by Crippen LogP contribution is 2.34. The average molecular weight is 859 g/mol. The van der Waals surface area contributed by atoms with E-state index >= 15 is 0 Å². The molecule has 0 saturated heterocycles. The maximum atomic E-state index is 13.6. The van der Waals surface area contributed by atoms with Gasteiger partial charge in [-0.3, -0.25) is 0 Å². The van der Waals surface area contributed by atoms with Crippen molar-refractivity contribution in [3.8, 4) is 11.5 Å². The minimum absolute atomic E-state index is 0.0672. The molecule has 0 N–H and O–H groups in total. The second-order valence-corrected chi connectivity index (χ2v) is 17.8. The van der Waals surface area contributed by atoms with Gasteiger partial charge in [0.25, 0.3) is 0 Å². The van der Waals surface area contributed by atoms with Crippen molar-refractivity contribution in [2.45, 2.75) is 182 Å². The lowest BCUT2D eigenvalue weighted by Crippen LogP contribution is -2.45. The summed E-state index contributed by atoms with van der Waals surface area (Å²) in [5.41, 5.74) is 1.65. The van der Waals surface area contributed by atoms with Crippen molar-refractivity contribution >= 4 is 11.9 Å². The van der Waals surface area contributed by atoms with Crippen LogP contribution >= 0.6 is 0 Å². The van der Waals surface area contributed by atoms with Gasteiger partial charge in [0.2, 0.25) is 0 Å². The summed E-state index contributed by atoms with van der Waals surface area (Å²) in [6, 6.07) is 15.3. The fourth-order valence-electron chi connectivity index (χ4n) is 8.58. The lowest BCUT2D eigenvalue weighted by molar-refractivity contribution is -0.186. The number of allylic oxidation sites excluding steroid dienone is 2. The smallest absolute Gasteiger partial charge is 0.338 e. The summed E-state index contributed by atoms with van der Waals surface area (Å²) in [6.07, 6.45) is 30.8. The van der Waals surface area contributed by atoms with Gasteiger partial charge in [0.1, 0.15) is 24.7 Å². The normalized spacial score (nSPS) is 20.3. The van der Waals surface area contributed by atoms with Gasteiger partial charge in [-0.1, -0.05) is 140 Å². The molecule has 0 aliphatic heterocycles. The molecule has 2 aromatic rings. The van der Waals surface area contributed by atoms with Crippen LogP contribution in [-0.4, -0.2) is 50.6 Å². The maximum absolute atomic E-state index is 13.6. The van der Waals surface area contributed by atoms with Gasteiger partial charge in [-0.15, -0.1) is 0 Å². The fraction of sp³-hybridized carbons (Fsp3) is 0.667. The monoisotopic (exact) mass is 859 g/mol. The molecule has 0 unspecified atom stereocenters. The summed E-state index contributed by atoms with van der Waals surface area (Å²) < 4.78 is 35.7. The molecule has 0 radical (unpaired) electrons. The van der Waals surface area contributed by atoms with E-state index in [1.54, 1.807) is 0 Å². The zero-order chi connectivity index (χ0) is 44.0.